The highest BCUT2D eigenvalue weighted by Gasteiger charge is 2.39. The van der Waals surface area contributed by atoms with E-state index in [9.17, 15) is 5.11 Å². The zero-order valence-corrected chi connectivity index (χ0v) is 6.85. The molecule has 0 heterocycles. The summed E-state index contributed by atoms with van der Waals surface area (Å²) in [7, 11) is 0. The highest BCUT2D eigenvalue weighted by atomic mass is 16.3. The lowest BCUT2D eigenvalue weighted by molar-refractivity contribution is 0.147. The van der Waals surface area contributed by atoms with Crippen LogP contribution in [0.25, 0.3) is 0 Å². The van der Waals surface area contributed by atoms with Gasteiger partial charge in [-0.2, -0.15) is 0 Å². The summed E-state index contributed by atoms with van der Waals surface area (Å²) in [5.41, 5.74) is -0.325. The van der Waals surface area contributed by atoms with Gasteiger partial charge in [0.2, 0.25) is 0 Å². The van der Waals surface area contributed by atoms with Crippen LogP contribution in [0.2, 0.25) is 0 Å². The topological polar surface area (TPSA) is 32.3 Å². The first-order valence-corrected chi connectivity index (χ1v) is 4.05. The fourth-order valence-corrected chi connectivity index (χ4v) is 0.915. The minimum absolute atomic E-state index is 0.325. The largest absolute Gasteiger partial charge is 0.389 e. The maximum atomic E-state index is 9.38. The van der Waals surface area contributed by atoms with Crippen LogP contribution in [0.15, 0.2) is 0 Å². The molecule has 0 amide bonds. The molecule has 10 heavy (non-hydrogen) atoms. The van der Waals surface area contributed by atoms with Gasteiger partial charge >= 0.3 is 0 Å². The lowest BCUT2D eigenvalue weighted by Gasteiger charge is -2.10. The molecule has 1 aliphatic carbocycles. The predicted molar refractivity (Wildman–Crippen MR) is 41.9 cm³/mol. The van der Waals surface area contributed by atoms with Crippen molar-refractivity contribution in [3.63, 3.8) is 0 Å². The van der Waals surface area contributed by atoms with Crippen LogP contribution in [0.5, 0.6) is 0 Å². The van der Waals surface area contributed by atoms with E-state index in [-0.39, 0.29) is 5.60 Å². The van der Waals surface area contributed by atoms with E-state index in [1.54, 1.807) is 0 Å². The SMILES string of the molecule is CC(C)CNCC1(O)CC1. The van der Waals surface area contributed by atoms with Gasteiger partial charge in [-0.3, -0.25) is 0 Å². The van der Waals surface area contributed by atoms with Crippen molar-refractivity contribution in [3.8, 4) is 0 Å². The second-order valence-corrected chi connectivity index (χ2v) is 3.75. The van der Waals surface area contributed by atoms with E-state index in [1.165, 1.54) is 0 Å². The van der Waals surface area contributed by atoms with Gasteiger partial charge in [0.15, 0.2) is 0 Å². The van der Waals surface area contributed by atoms with Gasteiger partial charge in [0.1, 0.15) is 0 Å². The Morgan fingerprint density at radius 1 is 1.50 bits per heavy atom. The fraction of sp³-hybridized carbons (Fsp3) is 1.00. The molecule has 60 valence electrons. The van der Waals surface area contributed by atoms with E-state index in [0.717, 1.165) is 25.9 Å². The molecule has 0 radical (unpaired) electrons. The molecule has 0 aliphatic heterocycles. The number of hydrogen-bond donors (Lipinski definition) is 2. The molecule has 1 aliphatic rings. The van der Waals surface area contributed by atoms with E-state index in [4.69, 9.17) is 0 Å². The monoisotopic (exact) mass is 143 g/mol. The summed E-state index contributed by atoms with van der Waals surface area (Å²) in [6.07, 6.45) is 1.97. The van der Waals surface area contributed by atoms with E-state index >= 15 is 0 Å². The maximum absolute atomic E-state index is 9.38. The van der Waals surface area contributed by atoms with Gasteiger partial charge in [0, 0.05) is 6.54 Å². The molecule has 0 bridgehead atoms. The van der Waals surface area contributed by atoms with Gasteiger partial charge in [-0.25, -0.2) is 0 Å². The quantitative estimate of drug-likeness (QED) is 0.609. The third-order valence-electron chi connectivity index (χ3n) is 1.83. The standard InChI is InChI=1S/C8H17NO/c1-7(2)5-9-6-8(10)3-4-8/h7,9-10H,3-6H2,1-2H3. The van der Waals surface area contributed by atoms with E-state index in [1.807, 2.05) is 0 Å². The summed E-state index contributed by atoms with van der Waals surface area (Å²) in [4.78, 5) is 0. The molecule has 0 saturated heterocycles. The van der Waals surface area contributed by atoms with Crippen LogP contribution in [0, 0.1) is 5.92 Å². The molecule has 1 fully saturated rings. The van der Waals surface area contributed by atoms with Crippen molar-refractivity contribution in [1.29, 1.82) is 0 Å². The van der Waals surface area contributed by atoms with E-state index < -0.39 is 0 Å². The molecule has 2 N–H and O–H groups in total. The number of hydrogen-bond acceptors (Lipinski definition) is 2. The summed E-state index contributed by atoms with van der Waals surface area (Å²) in [6.45, 7) is 6.14. The number of aliphatic hydroxyl groups is 1. The van der Waals surface area contributed by atoms with Crippen LogP contribution >= 0.6 is 0 Å². The summed E-state index contributed by atoms with van der Waals surface area (Å²) >= 11 is 0. The van der Waals surface area contributed by atoms with E-state index in [2.05, 4.69) is 19.2 Å². The highest BCUT2D eigenvalue weighted by molar-refractivity contribution is 4.95. The zero-order valence-electron chi connectivity index (χ0n) is 6.85. The third kappa shape index (κ3) is 2.67. The maximum Gasteiger partial charge on any atom is 0.0773 e. The average Bonchev–Trinajstić information content (AvgIpc) is 2.47. The predicted octanol–water partition coefficient (Wildman–Crippen LogP) is 0.757. The van der Waals surface area contributed by atoms with Gasteiger partial charge in [0.05, 0.1) is 5.60 Å². The average molecular weight is 143 g/mol. The van der Waals surface area contributed by atoms with Crippen molar-refractivity contribution in [3.05, 3.63) is 0 Å². The van der Waals surface area contributed by atoms with E-state index in [0.29, 0.717) is 5.92 Å². The van der Waals surface area contributed by atoms with Gasteiger partial charge < -0.3 is 10.4 Å². The molecule has 0 aromatic rings. The molecule has 1 rings (SSSR count). The highest BCUT2D eigenvalue weighted by Crippen LogP contribution is 2.33. The summed E-state index contributed by atoms with van der Waals surface area (Å²) < 4.78 is 0. The lowest BCUT2D eigenvalue weighted by atomic mass is 10.2. The van der Waals surface area contributed by atoms with Gasteiger partial charge in [0.25, 0.3) is 0 Å². The first-order valence-electron chi connectivity index (χ1n) is 4.05. The van der Waals surface area contributed by atoms with Crippen molar-refractivity contribution < 1.29 is 5.11 Å². The third-order valence-corrected chi connectivity index (χ3v) is 1.83. The Kier molecular flexibility index (Phi) is 2.32. The Morgan fingerprint density at radius 2 is 2.10 bits per heavy atom. The van der Waals surface area contributed by atoms with Crippen LogP contribution in [-0.2, 0) is 0 Å². The second kappa shape index (κ2) is 2.89. The minimum Gasteiger partial charge on any atom is -0.389 e. The normalized spacial score (nSPS) is 21.6. The van der Waals surface area contributed by atoms with Crippen LogP contribution in [0.3, 0.4) is 0 Å². The Labute approximate surface area is 62.6 Å². The second-order valence-electron chi connectivity index (χ2n) is 3.75. The molecule has 0 unspecified atom stereocenters. The Morgan fingerprint density at radius 3 is 2.50 bits per heavy atom. The number of nitrogens with one attached hydrogen (secondary N) is 1. The molecule has 2 nitrogen and oxygen atoms in total. The van der Waals surface area contributed by atoms with Crippen LogP contribution in [-0.4, -0.2) is 23.8 Å². The van der Waals surface area contributed by atoms with Crippen molar-refractivity contribution in [2.75, 3.05) is 13.1 Å². The molecule has 0 aromatic heterocycles. The molecule has 0 spiro atoms. The fourth-order valence-electron chi connectivity index (χ4n) is 0.915. The van der Waals surface area contributed by atoms with Crippen LogP contribution in [0.4, 0.5) is 0 Å². The first-order chi connectivity index (χ1) is 4.62. The zero-order chi connectivity index (χ0) is 7.61. The molecule has 0 atom stereocenters. The lowest BCUT2D eigenvalue weighted by Crippen LogP contribution is -2.30. The Hall–Kier alpha value is -0.0800. The summed E-state index contributed by atoms with van der Waals surface area (Å²) in [6, 6.07) is 0. The molecular formula is C8H17NO. The van der Waals surface area contributed by atoms with Gasteiger partial charge in [-0.15, -0.1) is 0 Å². The molecule has 1 saturated carbocycles. The summed E-state index contributed by atoms with van der Waals surface area (Å²) in [5, 5.41) is 12.6. The molecule has 0 aromatic carbocycles. The van der Waals surface area contributed by atoms with Crippen molar-refractivity contribution in [1.82, 2.24) is 5.32 Å². The Bertz CT molecular complexity index is 108. The van der Waals surface area contributed by atoms with Crippen molar-refractivity contribution >= 4 is 0 Å². The first kappa shape index (κ1) is 8.02. The van der Waals surface area contributed by atoms with Gasteiger partial charge in [-0.05, 0) is 25.3 Å². The minimum atomic E-state index is -0.325. The van der Waals surface area contributed by atoms with Crippen LogP contribution < -0.4 is 5.32 Å². The molecular weight excluding hydrogens is 126 g/mol. The summed E-state index contributed by atoms with van der Waals surface area (Å²) in [5.74, 6) is 0.683. The van der Waals surface area contributed by atoms with Crippen LogP contribution in [0.1, 0.15) is 26.7 Å². The van der Waals surface area contributed by atoms with Crippen molar-refractivity contribution in [2.24, 2.45) is 5.92 Å². The smallest absolute Gasteiger partial charge is 0.0773 e. The van der Waals surface area contributed by atoms with Gasteiger partial charge in [-0.1, -0.05) is 13.8 Å². The number of rotatable bonds is 4. The molecule has 2 heteroatoms. The Balaban J connectivity index is 1.95. The van der Waals surface area contributed by atoms with Crippen molar-refractivity contribution in [2.45, 2.75) is 32.3 Å².